The number of nitrogens with one attached hydrogen (secondary N) is 2. The Morgan fingerprint density at radius 3 is 2.55 bits per heavy atom. The standard InChI is InChI=1S/C11H10F4N4O2S/c1-19-6-9(10(17-19)11(13,14)15)22(20,21)18-16-8-4-2-3-7(12)5-8/h2-6,16,18H,1H3. The Kier molecular flexibility index (Phi) is 4.11. The SMILES string of the molecule is Cn1cc(S(=O)(=O)NNc2cccc(F)c2)c(C(F)(F)F)n1. The van der Waals surface area contributed by atoms with Gasteiger partial charge in [0, 0.05) is 13.2 Å². The average molecular weight is 338 g/mol. The Hall–Kier alpha value is -2.14. The van der Waals surface area contributed by atoms with Gasteiger partial charge in [-0.2, -0.15) is 18.3 Å². The van der Waals surface area contributed by atoms with Crippen LogP contribution in [0.5, 0.6) is 0 Å². The summed E-state index contributed by atoms with van der Waals surface area (Å²) in [6, 6.07) is 4.73. The quantitative estimate of drug-likeness (QED) is 0.659. The van der Waals surface area contributed by atoms with Gasteiger partial charge in [0.25, 0.3) is 10.0 Å². The highest BCUT2D eigenvalue weighted by atomic mass is 32.2. The zero-order valence-electron chi connectivity index (χ0n) is 11.0. The molecule has 2 rings (SSSR count). The molecule has 0 aliphatic rings. The van der Waals surface area contributed by atoms with Crippen molar-refractivity contribution < 1.29 is 26.0 Å². The van der Waals surface area contributed by atoms with Gasteiger partial charge in [-0.3, -0.25) is 4.68 Å². The van der Waals surface area contributed by atoms with E-state index in [2.05, 4.69) is 10.5 Å². The lowest BCUT2D eigenvalue weighted by molar-refractivity contribution is -0.143. The third kappa shape index (κ3) is 3.54. The predicted octanol–water partition coefficient (Wildman–Crippen LogP) is 1.88. The third-order valence-electron chi connectivity index (χ3n) is 2.51. The van der Waals surface area contributed by atoms with Crippen LogP contribution in [0.1, 0.15) is 5.69 Å². The van der Waals surface area contributed by atoms with Crippen molar-refractivity contribution >= 4 is 15.7 Å². The Morgan fingerprint density at radius 1 is 1.27 bits per heavy atom. The number of halogens is 4. The minimum absolute atomic E-state index is 0.0287. The Balaban J connectivity index is 2.28. The molecule has 0 atom stereocenters. The van der Waals surface area contributed by atoms with Crippen molar-refractivity contribution in [3.05, 3.63) is 42.0 Å². The molecule has 2 aromatic rings. The van der Waals surface area contributed by atoms with Crippen molar-refractivity contribution in [1.82, 2.24) is 14.6 Å². The zero-order valence-corrected chi connectivity index (χ0v) is 11.8. The van der Waals surface area contributed by atoms with Crippen LogP contribution in [0.25, 0.3) is 0 Å². The predicted molar refractivity (Wildman–Crippen MR) is 68.6 cm³/mol. The van der Waals surface area contributed by atoms with Gasteiger partial charge in [-0.25, -0.2) is 12.8 Å². The smallest absolute Gasteiger partial charge is 0.308 e. The molecule has 0 amide bonds. The second-order valence-corrected chi connectivity index (χ2v) is 5.91. The second-order valence-electron chi connectivity index (χ2n) is 4.25. The molecule has 22 heavy (non-hydrogen) atoms. The fourth-order valence-corrected chi connectivity index (χ4v) is 2.67. The van der Waals surface area contributed by atoms with Crippen molar-refractivity contribution in [2.75, 3.05) is 5.43 Å². The van der Waals surface area contributed by atoms with E-state index in [1.165, 1.54) is 12.1 Å². The molecule has 1 heterocycles. The number of hydrogen-bond donors (Lipinski definition) is 2. The number of nitrogens with zero attached hydrogens (tertiary/aromatic N) is 2. The average Bonchev–Trinajstić information content (AvgIpc) is 2.80. The second kappa shape index (κ2) is 5.57. The number of rotatable bonds is 4. The number of benzene rings is 1. The van der Waals surface area contributed by atoms with Crippen LogP contribution in [-0.2, 0) is 23.2 Å². The van der Waals surface area contributed by atoms with Gasteiger partial charge in [0.1, 0.15) is 10.7 Å². The maximum atomic E-state index is 13.0. The third-order valence-corrected chi connectivity index (χ3v) is 3.76. The molecule has 11 heteroatoms. The van der Waals surface area contributed by atoms with Gasteiger partial charge in [0.05, 0.1) is 5.69 Å². The van der Waals surface area contributed by atoms with Crippen LogP contribution >= 0.6 is 0 Å². The number of hydrazine groups is 1. The molecule has 0 saturated carbocycles. The Labute approximate surface area is 122 Å². The number of aromatic nitrogens is 2. The van der Waals surface area contributed by atoms with E-state index >= 15 is 0 Å². The molecule has 1 aromatic carbocycles. The molecule has 0 fully saturated rings. The summed E-state index contributed by atoms with van der Waals surface area (Å²) in [5.41, 5.74) is 0.620. The van der Waals surface area contributed by atoms with Gasteiger partial charge >= 0.3 is 6.18 Å². The molecular weight excluding hydrogens is 328 g/mol. The van der Waals surface area contributed by atoms with Crippen molar-refractivity contribution in [1.29, 1.82) is 0 Å². The molecule has 0 bridgehead atoms. The first-order chi connectivity index (χ1) is 10.1. The highest BCUT2D eigenvalue weighted by molar-refractivity contribution is 7.89. The molecule has 0 radical (unpaired) electrons. The lowest BCUT2D eigenvalue weighted by Gasteiger charge is -2.10. The molecule has 0 spiro atoms. The summed E-state index contributed by atoms with van der Waals surface area (Å²) in [4.78, 5) is 0.711. The van der Waals surface area contributed by atoms with Gasteiger partial charge < -0.3 is 5.43 Å². The summed E-state index contributed by atoms with van der Waals surface area (Å²) in [6.45, 7) is 0. The van der Waals surface area contributed by atoms with Gasteiger partial charge in [-0.1, -0.05) is 6.07 Å². The first-order valence-corrected chi connectivity index (χ1v) is 7.22. The molecule has 2 N–H and O–H groups in total. The number of sulfonamides is 1. The van der Waals surface area contributed by atoms with Crippen LogP contribution in [0, 0.1) is 5.82 Å². The lowest BCUT2D eigenvalue weighted by Crippen LogP contribution is -2.30. The molecule has 6 nitrogen and oxygen atoms in total. The van der Waals surface area contributed by atoms with Gasteiger partial charge in [0.2, 0.25) is 0 Å². The summed E-state index contributed by atoms with van der Waals surface area (Å²) in [5, 5.41) is 3.10. The topological polar surface area (TPSA) is 76.0 Å². The molecule has 0 unspecified atom stereocenters. The first kappa shape index (κ1) is 16.2. The maximum Gasteiger partial charge on any atom is 0.436 e. The van der Waals surface area contributed by atoms with Crippen LogP contribution in [0.4, 0.5) is 23.2 Å². The van der Waals surface area contributed by atoms with Gasteiger partial charge in [0.15, 0.2) is 5.69 Å². The molecule has 0 aliphatic carbocycles. The fraction of sp³-hybridized carbons (Fsp3) is 0.182. The Morgan fingerprint density at radius 2 is 1.95 bits per heavy atom. The number of alkyl halides is 3. The van der Waals surface area contributed by atoms with Crippen molar-refractivity contribution in [3.8, 4) is 0 Å². The zero-order chi connectivity index (χ0) is 16.5. The van der Waals surface area contributed by atoms with Crippen molar-refractivity contribution in [2.45, 2.75) is 11.1 Å². The molecule has 0 saturated heterocycles. The summed E-state index contributed by atoms with van der Waals surface area (Å²) < 4.78 is 75.9. The van der Waals surface area contributed by atoms with Gasteiger partial charge in [-0.15, -0.1) is 4.83 Å². The van der Waals surface area contributed by atoms with E-state index in [1.807, 2.05) is 0 Å². The normalized spacial score (nSPS) is 12.4. The summed E-state index contributed by atoms with van der Waals surface area (Å²) in [6.07, 6.45) is -4.21. The van der Waals surface area contributed by atoms with Crippen LogP contribution in [-0.4, -0.2) is 18.2 Å². The maximum absolute atomic E-state index is 13.0. The summed E-state index contributed by atoms with van der Waals surface area (Å²) >= 11 is 0. The minimum Gasteiger partial charge on any atom is -0.308 e. The van der Waals surface area contributed by atoms with E-state index in [4.69, 9.17) is 0 Å². The van der Waals surface area contributed by atoms with Crippen LogP contribution in [0.2, 0.25) is 0 Å². The van der Waals surface area contributed by atoms with E-state index in [0.717, 1.165) is 30.1 Å². The minimum atomic E-state index is -4.93. The summed E-state index contributed by atoms with van der Waals surface area (Å²) in [5.74, 6) is -0.637. The monoisotopic (exact) mass is 338 g/mol. The molecule has 1 aromatic heterocycles. The number of aryl methyl sites for hydroxylation is 1. The lowest BCUT2D eigenvalue weighted by atomic mass is 10.3. The molecule has 120 valence electrons. The van der Waals surface area contributed by atoms with E-state index in [-0.39, 0.29) is 5.69 Å². The van der Waals surface area contributed by atoms with E-state index in [9.17, 15) is 26.0 Å². The summed E-state index contributed by atoms with van der Waals surface area (Å²) in [7, 11) is -3.39. The fourth-order valence-electron chi connectivity index (χ4n) is 1.61. The van der Waals surface area contributed by atoms with E-state index < -0.39 is 32.6 Å². The molecular formula is C11H10F4N4O2S. The largest absolute Gasteiger partial charge is 0.436 e. The van der Waals surface area contributed by atoms with Crippen LogP contribution in [0.15, 0.2) is 35.4 Å². The van der Waals surface area contributed by atoms with Crippen molar-refractivity contribution in [3.63, 3.8) is 0 Å². The van der Waals surface area contributed by atoms with Gasteiger partial charge in [-0.05, 0) is 18.2 Å². The van der Waals surface area contributed by atoms with Crippen LogP contribution < -0.4 is 10.3 Å². The Bertz CT molecular complexity index is 786. The number of hydrogen-bond acceptors (Lipinski definition) is 4. The highest BCUT2D eigenvalue weighted by Gasteiger charge is 2.41. The number of anilines is 1. The molecule has 0 aliphatic heterocycles. The highest BCUT2D eigenvalue weighted by Crippen LogP contribution is 2.32. The van der Waals surface area contributed by atoms with E-state index in [1.54, 1.807) is 4.83 Å². The van der Waals surface area contributed by atoms with E-state index in [0.29, 0.717) is 0 Å². The van der Waals surface area contributed by atoms with Crippen molar-refractivity contribution in [2.24, 2.45) is 7.05 Å². The van der Waals surface area contributed by atoms with Crippen LogP contribution in [0.3, 0.4) is 0 Å². The first-order valence-electron chi connectivity index (χ1n) is 5.74.